The second-order valence-electron chi connectivity index (χ2n) is 6.99. The Hall–Kier alpha value is -3.22. The molecule has 0 heterocycles. The Bertz CT molecular complexity index is 891. The fraction of sp³-hybridized carbons (Fsp3) is 0.364. The summed E-state index contributed by atoms with van der Waals surface area (Å²) in [7, 11) is 4.53. The van der Waals surface area contributed by atoms with Crippen molar-refractivity contribution in [3.8, 4) is 17.2 Å². The zero-order valence-corrected chi connectivity index (χ0v) is 17.1. The normalized spacial score (nSPS) is 13.9. The van der Waals surface area contributed by atoms with E-state index in [0.29, 0.717) is 22.8 Å². The van der Waals surface area contributed by atoms with Gasteiger partial charge in [-0.05, 0) is 37.5 Å². The first-order valence-electron chi connectivity index (χ1n) is 9.48. The molecule has 2 aromatic carbocycles. The standard InChI is InChI=1S/C22H26N2O5/c1-13(14-7-9-16(10-8-14)24-21(25)15-5-6-15)23-22(26)17-11-19(28-3)20(29-4)12-18(17)27-2/h7-13,15H,5-6H2,1-4H3,(H,23,26)(H,24,25). The monoisotopic (exact) mass is 398 g/mol. The van der Waals surface area contributed by atoms with E-state index in [1.165, 1.54) is 21.3 Å². The van der Waals surface area contributed by atoms with Gasteiger partial charge in [0.2, 0.25) is 5.91 Å². The van der Waals surface area contributed by atoms with E-state index in [-0.39, 0.29) is 23.8 Å². The molecular weight excluding hydrogens is 372 g/mol. The second-order valence-corrected chi connectivity index (χ2v) is 6.99. The molecule has 7 nitrogen and oxygen atoms in total. The number of carbonyl (C=O) groups excluding carboxylic acids is 2. The molecule has 0 saturated heterocycles. The molecule has 0 spiro atoms. The molecule has 29 heavy (non-hydrogen) atoms. The maximum absolute atomic E-state index is 12.8. The quantitative estimate of drug-likeness (QED) is 0.710. The topological polar surface area (TPSA) is 85.9 Å². The highest BCUT2D eigenvalue weighted by Crippen LogP contribution is 2.35. The molecule has 0 aliphatic heterocycles. The van der Waals surface area contributed by atoms with Crippen molar-refractivity contribution in [2.75, 3.05) is 26.6 Å². The van der Waals surface area contributed by atoms with Crippen LogP contribution in [0.3, 0.4) is 0 Å². The molecule has 2 N–H and O–H groups in total. The van der Waals surface area contributed by atoms with Crippen LogP contribution < -0.4 is 24.8 Å². The number of nitrogens with one attached hydrogen (secondary N) is 2. The van der Waals surface area contributed by atoms with Gasteiger partial charge in [0.1, 0.15) is 5.75 Å². The average molecular weight is 398 g/mol. The number of hydrogen-bond donors (Lipinski definition) is 2. The van der Waals surface area contributed by atoms with Crippen LogP contribution in [-0.4, -0.2) is 33.1 Å². The molecule has 154 valence electrons. The van der Waals surface area contributed by atoms with Gasteiger partial charge in [-0.25, -0.2) is 0 Å². The minimum atomic E-state index is -0.290. The Morgan fingerprint density at radius 1 is 0.931 bits per heavy atom. The first-order chi connectivity index (χ1) is 14.0. The molecule has 2 amide bonds. The molecule has 0 bridgehead atoms. The summed E-state index contributed by atoms with van der Waals surface area (Å²) in [6.45, 7) is 1.89. The lowest BCUT2D eigenvalue weighted by atomic mass is 10.1. The zero-order chi connectivity index (χ0) is 21.0. The maximum atomic E-state index is 12.8. The molecule has 1 unspecified atom stereocenters. The van der Waals surface area contributed by atoms with Crippen LogP contribution in [0.25, 0.3) is 0 Å². The Balaban J connectivity index is 1.70. The number of anilines is 1. The van der Waals surface area contributed by atoms with E-state index in [4.69, 9.17) is 14.2 Å². The van der Waals surface area contributed by atoms with Crippen LogP contribution in [0.2, 0.25) is 0 Å². The third-order valence-electron chi connectivity index (χ3n) is 4.92. The van der Waals surface area contributed by atoms with E-state index in [2.05, 4.69) is 10.6 Å². The van der Waals surface area contributed by atoms with E-state index in [1.54, 1.807) is 12.1 Å². The zero-order valence-electron chi connectivity index (χ0n) is 17.1. The molecular formula is C22H26N2O5. The van der Waals surface area contributed by atoms with Crippen molar-refractivity contribution in [1.29, 1.82) is 0 Å². The number of benzene rings is 2. The Morgan fingerprint density at radius 2 is 1.52 bits per heavy atom. The van der Waals surface area contributed by atoms with Crippen LogP contribution in [-0.2, 0) is 4.79 Å². The third-order valence-corrected chi connectivity index (χ3v) is 4.92. The van der Waals surface area contributed by atoms with E-state index in [1.807, 2.05) is 31.2 Å². The van der Waals surface area contributed by atoms with Gasteiger partial charge in [0, 0.05) is 23.7 Å². The van der Waals surface area contributed by atoms with Crippen molar-refractivity contribution in [2.45, 2.75) is 25.8 Å². The van der Waals surface area contributed by atoms with E-state index >= 15 is 0 Å². The summed E-state index contributed by atoms with van der Waals surface area (Å²) in [5, 5.41) is 5.87. The number of hydrogen-bond acceptors (Lipinski definition) is 5. The lowest BCUT2D eigenvalue weighted by Gasteiger charge is -2.18. The summed E-state index contributed by atoms with van der Waals surface area (Å²) in [4.78, 5) is 24.7. The number of methoxy groups -OCH3 is 3. The highest BCUT2D eigenvalue weighted by molar-refractivity contribution is 5.98. The van der Waals surface area contributed by atoms with Crippen LogP contribution in [0.1, 0.15) is 41.7 Å². The van der Waals surface area contributed by atoms with Crippen LogP contribution >= 0.6 is 0 Å². The molecule has 3 rings (SSSR count). The van der Waals surface area contributed by atoms with Gasteiger partial charge in [-0.3, -0.25) is 9.59 Å². The summed E-state index contributed by atoms with van der Waals surface area (Å²) in [6.07, 6.45) is 1.93. The van der Waals surface area contributed by atoms with Gasteiger partial charge in [0.15, 0.2) is 11.5 Å². The van der Waals surface area contributed by atoms with Gasteiger partial charge >= 0.3 is 0 Å². The van der Waals surface area contributed by atoms with Crippen molar-refractivity contribution in [2.24, 2.45) is 5.92 Å². The highest BCUT2D eigenvalue weighted by atomic mass is 16.5. The lowest BCUT2D eigenvalue weighted by Crippen LogP contribution is -2.27. The lowest BCUT2D eigenvalue weighted by molar-refractivity contribution is -0.117. The summed E-state index contributed by atoms with van der Waals surface area (Å²) in [6, 6.07) is 10.4. The third kappa shape index (κ3) is 4.80. The highest BCUT2D eigenvalue weighted by Gasteiger charge is 2.29. The number of rotatable bonds is 8. The molecule has 1 aliphatic rings. The van der Waals surface area contributed by atoms with E-state index in [0.717, 1.165) is 24.1 Å². The first kappa shape index (κ1) is 20.5. The van der Waals surface area contributed by atoms with Crippen LogP contribution in [0.4, 0.5) is 5.69 Å². The number of amides is 2. The van der Waals surface area contributed by atoms with Gasteiger partial charge in [-0.2, -0.15) is 0 Å². The largest absolute Gasteiger partial charge is 0.496 e. The molecule has 1 saturated carbocycles. The van der Waals surface area contributed by atoms with Gasteiger partial charge in [0.05, 0.1) is 32.9 Å². The first-order valence-corrected chi connectivity index (χ1v) is 9.48. The number of carbonyl (C=O) groups is 2. The molecule has 0 aromatic heterocycles. The van der Waals surface area contributed by atoms with E-state index < -0.39 is 0 Å². The summed E-state index contributed by atoms with van der Waals surface area (Å²) < 4.78 is 15.9. The minimum absolute atomic E-state index is 0.0691. The van der Waals surface area contributed by atoms with E-state index in [9.17, 15) is 9.59 Å². The fourth-order valence-electron chi connectivity index (χ4n) is 3.01. The van der Waals surface area contributed by atoms with Gasteiger partial charge in [-0.15, -0.1) is 0 Å². The molecule has 2 aromatic rings. The van der Waals surface area contributed by atoms with Crippen LogP contribution in [0, 0.1) is 5.92 Å². The van der Waals surface area contributed by atoms with Crippen molar-refractivity contribution in [3.05, 3.63) is 47.5 Å². The van der Waals surface area contributed by atoms with Crippen molar-refractivity contribution < 1.29 is 23.8 Å². The fourth-order valence-corrected chi connectivity index (χ4v) is 3.01. The molecule has 1 aliphatic carbocycles. The smallest absolute Gasteiger partial charge is 0.255 e. The van der Waals surface area contributed by atoms with Crippen molar-refractivity contribution in [1.82, 2.24) is 5.32 Å². The van der Waals surface area contributed by atoms with Crippen LogP contribution in [0.5, 0.6) is 17.2 Å². The predicted octanol–water partition coefficient (Wildman–Crippen LogP) is 3.55. The summed E-state index contributed by atoms with van der Waals surface area (Å²) in [5.41, 5.74) is 2.03. The molecule has 1 fully saturated rings. The molecule has 7 heteroatoms. The molecule has 0 radical (unpaired) electrons. The minimum Gasteiger partial charge on any atom is -0.496 e. The summed E-state index contributed by atoms with van der Waals surface area (Å²) in [5.74, 6) is 1.26. The Morgan fingerprint density at radius 3 is 2.07 bits per heavy atom. The van der Waals surface area contributed by atoms with Gasteiger partial charge in [0.25, 0.3) is 5.91 Å². The number of ether oxygens (including phenoxy) is 3. The second kappa shape index (κ2) is 8.86. The van der Waals surface area contributed by atoms with Crippen molar-refractivity contribution >= 4 is 17.5 Å². The maximum Gasteiger partial charge on any atom is 0.255 e. The van der Waals surface area contributed by atoms with Gasteiger partial charge < -0.3 is 24.8 Å². The predicted molar refractivity (Wildman–Crippen MR) is 110 cm³/mol. The van der Waals surface area contributed by atoms with Crippen LogP contribution in [0.15, 0.2) is 36.4 Å². The Labute approximate surface area is 170 Å². The molecule has 1 atom stereocenters. The SMILES string of the molecule is COc1cc(OC)c(C(=O)NC(C)c2ccc(NC(=O)C3CC3)cc2)cc1OC. The average Bonchev–Trinajstić information content (AvgIpc) is 3.58. The van der Waals surface area contributed by atoms with Crippen molar-refractivity contribution in [3.63, 3.8) is 0 Å². The Kier molecular flexibility index (Phi) is 6.26. The van der Waals surface area contributed by atoms with Gasteiger partial charge in [-0.1, -0.05) is 12.1 Å². The summed E-state index contributed by atoms with van der Waals surface area (Å²) >= 11 is 0.